The van der Waals surface area contributed by atoms with Gasteiger partial charge in [-0.05, 0) is 22.4 Å². The lowest BCUT2D eigenvalue weighted by molar-refractivity contribution is -0.115. The van der Waals surface area contributed by atoms with Crippen molar-refractivity contribution in [2.75, 3.05) is 5.32 Å². The maximum atomic E-state index is 11.8. The van der Waals surface area contributed by atoms with E-state index in [1.807, 2.05) is 22.2 Å². The van der Waals surface area contributed by atoms with Gasteiger partial charge in [0.25, 0.3) is 0 Å². The number of hydrogen-bond donors (Lipinski definition) is 1. The number of thiazole rings is 1. The largest absolute Gasteiger partial charge is 0.302 e. The van der Waals surface area contributed by atoms with Gasteiger partial charge in [-0.2, -0.15) is 11.3 Å². The fourth-order valence-electron chi connectivity index (χ4n) is 1.42. The topological polar surface area (TPSA) is 42.0 Å². The summed E-state index contributed by atoms with van der Waals surface area (Å²) >= 11 is 3.08. The molecule has 2 rings (SSSR count). The fourth-order valence-corrected chi connectivity index (χ4v) is 3.04. The lowest BCUT2D eigenvalue weighted by atomic mass is 9.93. The summed E-state index contributed by atoms with van der Waals surface area (Å²) in [4.78, 5) is 16.2. The Morgan fingerprint density at radius 1 is 1.39 bits per heavy atom. The van der Waals surface area contributed by atoms with Gasteiger partial charge in [0.05, 0.1) is 12.1 Å². The molecular weight excluding hydrogens is 264 g/mol. The zero-order valence-corrected chi connectivity index (χ0v) is 12.3. The van der Waals surface area contributed by atoms with Crippen molar-refractivity contribution in [3.05, 3.63) is 33.5 Å². The predicted octanol–water partition coefficient (Wildman–Crippen LogP) is 3.68. The lowest BCUT2D eigenvalue weighted by Gasteiger charge is -2.14. The summed E-state index contributed by atoms with van der Waals surface area (Å²) in [6, 6.07) is 1.96. The number of aromatic nitrogens is 1. The molecule has 96 valence electrons. The average Bonchev–Trinajstić information content (AvgIpc) is 2.87. The van der Waals surface area contributed by atoms with Gasteiger partial charge in [-0.3, -0.25) is 4.79 Å². The summed E-state index contributed by atoms with van der Waals surface area (Å²) in [6.07, 6.45) is 0.411. The molecule has 0 unspecified atom stereocenters. The van der Waals surface area contributed by atoms with Crippen LogP contribution >= 0.6 is 22.7 Å². The summed E-state index contributed by atoms with van der Waals surface area (Å²) in [7, 11) is 0. The molecule has 1 N–H and O–H groups in total. The number of thiophene rings is 1. The summed E-state index contributed by atoms with van der Waals surface area (Å²) in [6.45, 7) is 6.33. The quantitative estimate of drug-likeness (QED) is 0.931. The van der Waals surface area contributed by atoms with E-state index in [0.717, 1.165) is 11.3 Å². The van der Waals surface area contributed by atoms with Crippen LogP contribution in [0, 0.1) is 0 Å². The number of carbonyl (C=O) groups excluding carboxylic acids is 1. The minimum absolute atomic E-state index is 0.0109. The third-order valence-electron chi connectivity index (χ3n) is 2.46. The Labute approximate surface area is 115 Å². The second-order valence-corrected chi connectivity index (χ2v) is 6.78. The molecule has 0 aliphatic heterocycles. The number of hydrogen-bond acceptors (Lipinski definition) is 4. The maximum Gasteiger partial charge on any atom is 0.230 e. The van der Waals surface area contributed by atoms with E-state index in [-0.39, 0.29) is 11.3 Å². The molecule has 5 heteroatoms. The van der Waals surface area contributed by atoms with Crippen LogP contribution in [0.3, 0.4) is 0 Å². The number of amides is 1. The highest BCUT2D eigenvalue weighted by Gasteiger charge is 2.18. The van der Waals surface area contributed by atoms with Crippen molar-refractivity contribution in [3.63, 3.8) is 0 Å². The number of anilines is 1. The minimum Gasteiger partial charge on any atom is -0.302 e. The summed E-state index contributed by atoms with van der Waals surface area (Å²) < 4.78 is 0. The van der Waals surface area contributed by atoms with Gasteiger partial charge in [0.2, 0.25) is 5.91 Å². The molecule has 0 aromatic carbocycles. The van der Waals surface area contributed by atoms with Gasteiger partial charge in [-0.15, -0.1) is 11.3 Å². The van der Waals surface area contributed by atoms with E-state index >= 15 is 0 Å². The first kappa shape index (κ1) is 13.2. The Balaban J connectivity index is 1.97. The first-order chi connectivity index (χ1) is 8.45. The molecule has 3 nitrogen and oxygen atoms in total. The van der Waals surface area contributed by atoms with Crippen molar-refractivity contribution in [1.82, 2.24) is 4.98 Å². The number of rotatable bonds is 3. The smallest absolute Gasteiger partial charge is 0.230 e. The standard InChI is InChI=1S/C13H16N2OS2/c1-13(2,3)10-8-18-12(14-10)15-11(16)6-9-4-5-17-7-9/h4-5,7-8H,6H2,1-3H3,(H,14,15,16). The Morgan fingerprint density at radius 3 is 2.72 bits per heavy atom. The van der Waals surface area contributed by atoms with Crippen LogP contribution in [0.5, 0.6) is 0 Å². The summed E-state index contributed by atoms with van der Waals surface area (Å²) in [5, 5.41) is 9.49. The van der Waals surface area contributed by atoms with E-state index in [4.69, 9.17) is 0 Å². The molecule has 2 heterocycles. The Hall–Kier alpha value is -1.20. The predicted molar refractivity (Wildman–Crippen MR) is 77.5 cm³/mol. The highest BCUT2D eigenvalue weighted by atomic mass is 32.1. The van der Waals surface area contributed by atoms with Crippen LogP contribution in [-0.2, 0) is 16.6 Å². The number of nitrogens with zero attached hydrogens (tertiary/aromatic N) is 1. The average molecular weight is 280 g/mol. The van der Waals surface area contributed by atoms with Gasteiger partial charge >= 0.3 is 0 Å². The normalized spacial score (nSPS) is 11.5. The van der Waals surface area contributed by atoms with Gasteiger partial charge in [0.1, 0.15) is 0 Å². The molecular formula is C13H16N2OS2. The maximum absolute atomic E-state index is 11.8. The van der Waals surface area contributed by atoms with Gasteiger partial charge in [-0.1, -0.05) is 20.8 Å². The second-order valence-electron chi connectivity index (χ2n) is 5.14. The zero-order chi connectivity index (χ0) is 13.2. The highest BCUT2D eigenvalue weighted by Crippen LogP contribution is 2.26. The Morgan fingerprint density at radius 2 is 2.17 bits per heavy atom. The fraction of sp³-hybridized carbons (Fsp3) is 0.385. The van der Waals surface area contributed by atoms with Crippen molar-refractivity contribution < 1.29 is 4.79 Å². The molecule has 0 radical (unpaired) electrons. The van der Waals surface area contributed by atoms with E-state index in [9.17, 15) is 4.79 Å². The lowest BCUT2D eigenvalue weighted by Crippen LogP contribution is -2.15. The molecule has 0 bridgehead atoms. The molecule has 0 spiro atoms. The monoisotopic (exact) mass is 280 g/mol. The van der Waals surface area contributed by atoms with E-state index < -0.39 is 0 Å². The van der Waals surface area contributed by atoms with Crippen molar-refractivity contribution >= 4 is 33.7 Å². The van der Waals surface area contributed by atoms with Crippen molar-refractivity contribution in [2.24, 2.45) is 0 Å². The van der Waals surface area contributed by atoms with Crippen LogP contribution < -0.4 is 5.32 Å². The Bertz CT molecular complexity index is 523. The van der Waals surface area contributed by atoms with Crippen molar-refractivity contribution in [1.29, 1.82) is 0 Å². The van der Waals surface area contributed by atoms with Crippen LogP contribution in [0.15, 0.2) is 22.2 Å². The molecule has 0 aliphatic carbocycles. The van der Waals surface area contributed by atoms with Crippen LogP contribution in [-0.4, -0.2) is 10.9 Å². The Kier molecular flexibility index (Phi) is 3.82. The van der Waals surface area contributed by atoms with Gasteiger partial charge < -0.3 is 5.32 Å². The molecule has 18 heavy (non-hydrogen) atoms. The van der Waals surface area contributed by atoms with Crippen molar-refractivity contribution in [3.8, 4) is 0 Å². The third kappa shape index (κ3) is 3.40. The van der Waals surface area contributed by atoms with Crippen LogP contribution in [0.25, 0.3) is 0 Å². The van der Waals surface area contributed by atoms with Crippen LogP contribution in [0.2, 0.25) is 0 Å². The third-order valence-corrected chi connectivity index (χ3v) is 3.95. The molecule has 0 aliphatic rings. The first-order valence-corrected chi connectivity index (χ1v) is 7.54. The summed E-state index contributed by atoms with van der Waals surface area (Å²) in [5.74, 6) is -0.0109. The highest BCUT2D eigenvalue weighted by molar-refractivity contribution is 7.14. The molecule has 2 aromatic rings. The van der Waals surface area contributed by atoms with E-state index in [0.29, 0.717) is 11.6 Å². The number of carbonyl (C=O) groups is 1. The first-order valence-electron chi connectivity index (χ1n) is 5.72. The zero-order valence-electron chi connectivity index (χ0n) is 10.7. The van der Waals surface area contributed by atoms with Crippen LogP contribution in [0.4, 0.5) is 5.13 Å². The van der Waals surface area contributed by atoms with E-state index in [2.05, 4.69) is 31.1 Å². The molecule has 2 aromatic heterocycles. The van der Waals surface area contributed by atoms with E-state index in [1.165, 1.54) is 11.3 Å². The minimum atomic E-state index is -0.0109. The summed E-state index contributed by atoms with van der Waals surface area (Å²) in [5.41, 5.74) is 2.08. The molecule has 0 saturated carbocycles. The van der Waals surface area contributed by atoms with Gasteiger partial charge in [-0.25, -0.2) is 4.98 Å². The van der Waals surface area contributed by atoms with Gasteiger partial charge in [0, 0.05) is 10.8 Å². The van der Waals surface area contributed by atoms with Crippen molar-refractivity contribution in [2.45, 2.75) is 32.6 Å². The molecule has 0 fully saturated rings. The number of nitrogens with one attached hydrogen (secondary N) is 1. The van der Waals surface area contributed by atoms with Gasteiger partial charge in [0.15, 0.2) is 5.13 Å². The van der Waals surface area contributed by atoms with E-state index in [1.54, 1.807) is 11.3 Å². The van der Waals surface area contributed by atoms with Crippen LogP contribution in [0.1, 0.15) is 32.0 Å². The molecule has 0 saturated heterocycles. The second kappa shape index (κ2) is 5.20. The molecule has 1 amide bonds. The SMILES string of the molecule is CC(C)(C)c1csc(NC(=O)Cc2ccsc2)n1. The molecule has 0 atom stereocenters.